The lowest BCUT2D eigenvalue weighted by atomic mass is 9.68. The molecule has 5 rings (SSSR count). The highest BCUT2D eigenvalue weighted by Crippen LogP contribution is 2.49. The highest BCUT2D eigenvalue weighted by molar-refractivity contribution is 5.55. The van der Waals surface area contributed by atoms with Crippen LogP contribution >= 0.6 is 0 Å². The van der Waals surface area contributed by atoms with E-state index in [0.717, 1.165) is 39.0 Å². The van der Waals surface area contributed by atoms with Crippen molar-refractivity contribution >= 4 is 5.69 Å². The van der Waals surface area contributed by atoms with E-state index in [0.29, 0.717) is 13.1 Å². The van der Waals surface area contributed by atoms with Gasteiger partial charge in [-0.2, -0.15) is 0 Å². The van der Waals surface area contributed by atoms with Crippen molar-refractivity contribution in [2.24, 2.45) is 0 Å². The Bertz CT molecular complexity index is 864. The van der Waals surface area contributed by atoms with Gasteiger partial charge in [-0.15, -0.1) is 0 Å². The molecule has 0 amide bonds. The minimum Gasteiger partial charge on any atom is -0.375 e. The van der Waals surface area contributed by atoms with Crippen LogP contribution in [0.15, 0.2) is 48.7 Å². The number of ether oxygens (including phenoxy) is 1. The van der Waals surface area contributed by atoms with E-state index >= 15 is 0 Å². The minimum absolute atomic E-state index is 0.0583. The number of aromatic nitrogens is 1. The number of para-hydroxylation sites is 1. The lowest BCUT2D eigenvalue weighted by Gasteiger charge is -2.46. The molecule has 1 aromatic carbocycles. The molecule has 4 nitrogen and oxygen atoms in total. The summed E-state index contributed by atoms with van der Waals surface area (Å²) < 4.78 is 19.7. The molecule has 3 heterocycles. The van der Waals surface area contributed by atoms with Gasteiger partial charge in [0.2, 0.25) is 0 Å². The summed E-state index contributed by atoms with van der Waals surface area (Å²) in [6.45, 7) is 3.61. The van der Waals surface area contributed by atoms with Gasteiger partial charge in [0.1, 0.15) is 6.17 Å². The number of pyridine rings is 1. The average Bonchev–Trinajstić information content (AvgIpc) is 3.23. The largest absolute Gasteiger partial charge is 0.375 e. The van der Waals surface area contributed by atoms with Crippen molar-refractivity contribution in [1.82, 2.24) is 10.3 Å². The van der Waals surface area contributed by atoms with Crippen molar-refractivity contribution in [1.29, 1.82) is 0 Å². The molecule has 1 unspecified atom stereocenters. The Morgan fingerprint density at radius 2 is 1.87 bits per heavy atom. The Hall–Kier alpha value is -1.98. The third-order valence-electron chi connectivity index (χ3n) is 7.64. The number of rotatable bonds is 7. The molecular weight excluding hydrogens is 389 g/mol. The summed E-state index contributed by atoms with van der Waals surface area (Å²) >= 11 is 0. The van der Waals surface area contributed by atoms with Gasteiger partial charge >= 0.3 is 0 Å². The fourth-order valence-electron chi connectivity index (χ4n) is 5.94. The van der Waals surface area contributed by atoms with Crippen LogP contribution in [-0.2, 0) is 16.7 Å². The molecule has 1 saturated carbocycles. The minimum atomic E-state index is -0.685. The Morgan fingerprint density at radius 3 is 2.65 bits per heavy atom. The number of anilines is 1. The van der Waals surface area contributed by atoms with Crippen LogP contribution in [0.4, 0.5) is 10.1 Å². The lowest BCUT2D eigenvalue weighted by molar-refractivity contribution is -0.104. The third kappa shape index (κ3) is 4.35. The van der Waals surface area contributed by atoms with Crippen molar-refractivity contribution < 1.29 is 9.13 Å². The normalized spacial score (nSPS) is 25.6. The summed E-state index contributed by atoms with van der Waals surface area (Å²) in [7, 11) is 0. The number of benzene rings is 1. The highest BCUT2D eigenvalue weighted by atomic mass is 19.1. The zero-order valence-electron chi connectivity index (χ0n) is 18.4. The first-order valence-corrected chi connectivity index (χ1v) is 11.9. The van der Waals surface area contributed by atoms with Crippen molar-refractivity contribution in [3.8, 4) is 0 Å². The molecule has 3 aliphatic rings. The van der Waals surface area contributed by atoms with Crippen LogP contribution in [0.2, 0.25) is 0 Å². The molecular formula is C26H34FN3O. The second kappa shape index (κ2) is 8.87. The van der Waals surface area contributed by atoms with Crippen LogP contribution in [0.1, 0.15) is 56.2 Å². The van der Waals surface area contributed by atoms with Gasteiger partial charge in [0, 0.05) is 36.1 Å². The number of nitrogens with zero attached hydrogens (tertiary/aromatic N) is 2. The van der Waals surface area contributed by atoms with E-state index in [4.69, 9.17) is 9.72 Å². The van der Waals surface area contributed by atoms with Crippen LogP contribution < -0.4 is 10.2 Å². The molecule has 1 N–H and O–H groups in total. The van der Waals surface area contributed by atoms with E-state index in [1.165, 1.54) is 42.6 Å². The SMILES string of the molecule is FC1CN(c2ccccc2CNCCC2(c3ccccn3)CCOC3(CCCC3)C2)C1. The molecule has 1 aromatic heterocycles. The van der Waals surface area contributed by atoms with Crippen molar-refractivity contribution in [2.75, 3.05) is 31.1 Å². The number of hydrogen-bond donors (Lipinski definition) is 1. The maximum Gasteiger partial charge on any atom is 0.135 e. The average molecular weight is 424 g/mol. The lowest BCUT2D eigenvalue weighted by Crippen LogP contribution is -2.49. The maximum atomic E-state index is 13.4. The summed E-state index contributed by atoms with van der Waals surface area (Å²) in [5, 5.41) is 3.69. The van der Waals surface area contributed by atoms with Crippen LogP contribution in [0.3, 0.4) is 0 Å². The molecule has 0 radical (unpaired) electrons. The Balaban J connectivity index is 1.26. The summed E-state index contributed by atoms with van der Waals surface area (Å²) in [4.78, 5) is 6.94. The van der Waals surface area contributed by atoms with Crippen molar-refractivity contribution in [3.05, 3.63) is 59.9 Å². The molecule has 2 saturated heterocycles. The van der Waals surface area contributed by atoms with Gasteiger partial charge < -0.3 is 15.0 Å². The summed E-state index contributed by atoms with van der Waals surface area (Å²) in [5.74, 6) is 0. The molecule has 1 atom stereocenters. The van der Waals surface area contributed by atoms with Gasteiger partial charge in [0.25, 0.3) is 0 Å². The van der Waals surface area contributed by atoms with E-state index < -0.39 is 6.17 Å². The summed E-state index contributed by atoms with van der Waals surface area (Å²) in [5.41, 5.74) is 3.78. The van der Waals surface area contributed by atoms with Crippen molar-refractivity contribution in [2.45, 2.75) is 68.7 Å². The second-order valence-corrected chi connectivity index (χ2v) is 9.72. The van der Waals surface area contributed by atoms with Crippen LogP contribution in [0.25, 0.3) is 0 Å². The fraction of sp³-hybridized carbons (Fsp3) is 0.577. The van der Waals surface area contributed by atoms with Crippen molar-refractivity contribution in [3.63, 3.8) is 0 Å². The molecule has 1 aliphatic carbocycles. The summed E-state index contributed by atoms with van der Waals surface area (Å²) in [6, 6.07) is 14.7. The first-order valence-electron chi connectivity index (χ1n) is 11.9. The Morgan fingerprint density at radius 1 is 1.06 bits per heavy atom. The first kappa shape index (κ1) is 20.9. The Kier molecular flexibility index (Phi) is 5.98. The molecule has 3 fully saturated rings. The predicted octanol–water partition coefficient (Wildman–Crippen LogP) is 4.78. The zero-order chi connectivity index (χ0) is 21.2. The van der Waals surface area contributed by atoms with Crippen LogP contribution in [-0.4, -0.2) is 43.0 Å². The van der Waals surface area contributed by atoms with Gasteiger partial charge in [-0.25, -0.2) is 4.39 Å². The first-order chi connectivity index (χ1) is 15.2. The van der Waals surface area contributed by atoms with Gasteiger partial charge in [-0.05, 0) is 62.4 Å². The predicted molar refractivity (Wildman–Crippen MR) is 122 cm³/mol. The van der Waals surface area contributed by atoms with E-state index in [1.54, 1.807) is 0 Å². The smallest absolute Gasteiger partial charge is 0.135 e. The number of alkyl halides is 1. The molecule has 2 aromatic rings. The van der Waals surface area contributed by atoms with Gasteiger partial charge in [-0.3, -0.25) is 4.98 Å². The maximum absolute atomic E-state index is 13.4. The molecule has 5 heteroatoms. The van der Waals surface area contributed by atoms with Gasteiger partial charge in [0.05, 0.1) is 18.7 Å². The molecule has 1 spiro atoms. The number of halogens is 1. The standard InChI is InChI=1S/C26H34FN3O/c27-22-18-30(19-22)23-8-2-1-7-21(23)17-28-15-12-25(24-9-3-6-14-29-24)13-16-31-26(20-25)10-4-5-11-26/h1-3,6-9,14,22,28H,4-5,10-13,15-20H2. The van der Waals surface area contributed by atoms with Crippen LogP contribution in [0.5, 0.6) is 0 Å². The van der Waals surface area contributed by atoms with E-state index in [-0.39, 0.29) is 11.0 Å². The summed E-state index contributed by atoms with van der Waals surface area (Å²) in [6.07, 6.45) is 9.37. The topological polar surface area (TPSA) is 37.4 Å². The quantitative estimate of drug-likeness (QED) is 0.651. The number of nitrogens with one attached hydrogen (secondary N) is 1. The molecule has 0 bridgehead atoms. The van der Waals surface area contributed by atoms with E-state index in [1.807, 2.05) is 18.3 Å². The highest BCUT2D eigenvalue weighted by Gasteiger charge is 2.48. The number of hydrogen-bond acceptors (Lipinski definition) is 4. The Labute approximate surface area is 185 Å². The molecule has 31 heavy (non-hydrogen) atoms. The monoisotopic (exact) mass is 423 g/mol. The van der Waals surface area contributed by atoms with Gasteiger partial charge in [0.15, 0.2) is 0 Å². The van der Waals surface area contributed by atoms with E-state index in [9.17, 15) is 4.39 Å². The van der Waals surface area contributed by atoms with Crippen LogP contribution in [0, 0.1) is 0 Å². The third-order valence-corrected chi connectivity index (χ3v) is 7.64. The molecule has 2 aliphatic heterocycles. The van der Waals surface area contributed by atoms with Gasteiger partial charge in [-0.1, -0.05) is 37.1 Å². The second-order valence-electron chi connectivity index (χ2n) is 9.72. The fourth-order valence-corrected chi connectivity index (χ4v) is 5.94. The molecule has 166 valence electrons. The zero-order valence-corrected chi connectivity index (χ0v) is 18.4. The van der Waals surface area contributed by atoms with E-state index in [2.05, 4.69) is 40.5 Å².